The van der Waals surface area contributed by atoms with E-state index in [0.717, 1.165) is 28.3 Å². The summed E-state index contributed by atoms with van der Waals surface area (Å²) in [5, 5.41) is 4.86. The molecule has 0 saturated heterocycles. The molecule has 79 heavy (non-hydrogen) atoms. The van der Waals surface area contributed by atoms with Gasteiger partial charge in [0.25, 0.3) is 0 Å². The van der Waals surface area contributed by atoms with Gasteiger partial charge < -0.3 is 9.47 Å². The molecule has 1 aliphatic carbocycles. The molecule has 2 nitrogen and oxygen atoms in total. The monoisotopic (exact) mass is 1000 g/mol. The molecule has 0 unspecified atom stereocenters. The first-order valence-electron chi connectivity index (χ1n) is 27.3. The van der Waals surface area contributed by atoms with Crippen molar-refractivity contribution in [3.8, 4) is 61.3 Å². The van der Waals surface area contributed by atoms with Crippen LogP contribution >= 0.6 is 0 Å². The Morgan fingerprint density at radius 3 is 1.43 bits per heavy atom. The summed E-state index contributed by atoms with van der Waals surface area (Å²) in [6.45, 7) is 0. The van der Waals surface area contributed by atoms with Crippen LogP contribution in [0.4, 0.5) is 17.1 Å². The van der Waals surface area contributed by atoms with Gasteiger partial charge in [0, 0.05) is 33.5 Å². The van der Waals surface area contributed by atoms with Crippen LogP contribution in [-0.4, -0.2) is 4.57 Å². The molecule has 0 radical (unpaired) electrons. The molecule has 370 valence electrons. The maximum atomic E-state index is 2.46. The molecule has 2 heteroatoms. The van der Waals surface area contributed by atoms with Crippen molar-refractivity contribution in [1.82, 2.24) is 4.57 Å². The molecule has 0 bridgehead atoms. The van der Waals surface area contributed by atoms with Gasteiger partial charge in [-0.25, -0.2) is 0 Å². The number of anilines is 3. The Labute approximate surface area is 461 Å². The average molecular weight is 1010 g/mol. The highest BCUT2D eigenvalue weighted by Gasteiger charge is 2.46. The van der Waals surface area contributed by atoms with Gasteiger partial charge in [0.15, 0.2) is 0 Å². The molecule has 0 N–H and O–H groups in total. The van der Waals surface area contributed by atoms with E-state index in [1.165, 1.54) is 105 Å². The fraction of sp³-hybridized carbons (Fsp3) is 0.0130. The Balaban J connectivity index is 0.853. The van der Waals surface area contributed by atoms with E-state index in [4.69, 9.17) is 0 Å². The van der Waals surface area contributed by atoms with Crippen LogP contribution < -0.4 is 4.90 Å². The van der Waals surface area contributed by atoms with Crippen LogP contribution in [0.25, 0.3) is 93.9 Å². The lowest BCUT2D eigenvalue weighted by atomic mass is 9.67. The molecule has 1 aliphatic rings. The van der Waals surface area contributed by atoms with Crippen molar-refractivity contribution in [3.63, 3.8) is 0 Å². The van der Waals surface area contributed by atoms with Crippen LogP contribution in [0.1, 0.15) is 22.3 Å². The van der Waals surface area contributed by atoms with E-state index in [-0.39, 0.29) is 0 Å². The van der Waals surface area contributed by atoms with Gasteiger partial charge in [-0.05, 0) is 161 Å². The number of para-hydroxylation sites is 1. The summed E-state index contributed by atoms with van der Waals surface area (Å²) < 4.78 is 2.45. The van der Waals surface area contributed by atoms with Crippen LogP contribution in [-0.2, 0) is 5.41 Å². The van der Waals surface area contributed by atoms with Crippen molar-refractivity contribution >= 4 is 49.6 Å². The molecular formula is C77H52N2. The highest BCUT2D eigenvalue weighted by Crippen LogP contribution is 2.57. The van der Waals surface area contributed by atoms with Gasteiger partial charge >= 0.3 is 0 Å². The van der Waals surface area contributed by atoms with Crippen molar-refractivity contribution in [2.24, 2.45) is 0 Å². The van der Waals surface area contributed by atoms with Crippen LogP contribution in [0, 0.1) is 0 Å². The van der Waals surface area contributed by atoms with Gasteiger partial charge in [-0.1, -0.05) is 243 Å². The van der Waals surface area contributed by atoms with Crippen LogP contribution in [0.5, 0.6) is 0 Å². The maximum Gasteiger partial charge on any atom is 0.0714 e. The summed E-state index contributed by atoms with van der Waals surface area (Å²) in [6.07, 6.45) is 0. The highest BCUT2D eigenvalue weighted by molar-refractivity contribution is 6.11. The predicted molar refractivity (Wildman–Crippen MR) is 332 cm³/mol. The van der Waals surface area contributed by atoms with E-state index < -0.39 is 5.41 Å². The second-order valence-electron chi connectivity index (χ2n) is 20.8. The Kier molecular flexibility index (Phi) is 11.1. The first-order valence-corrected chi connectivity index (χ1v) is 27.3. The Morgan fingerprint density at radius 1 is 0.253 bits per heavy atom. The fourth-order valence-electron chi connectivity index (χ4n) is 12.9. The zero-order chi connectivity index (χ0) is 52.3. The van der Waals surface area contributed by atoms with Gasteiger partial charge in [-0.2, -0.15) is 0 Å². The van der Waals surface area contributed by atoms with Gasteiger partial charge in [0.1, 0.15) is 0 Å². The zero-order valence-electron chi connectivity index (χ0n) is 43.4. The smallest absolute Gasteiger partial charge is 0.0714 e. The minimum atomic E-state index is -0.523. The van der Waals surface area contributed by atoms with E-state index in [1.807, 2.05) is 0 Å². The molecule has 0 aliphatic heterocycles. The summed E-state index contributed by atoms with van der Waals surface area (Å²) in [5.74, 6) is 0. The largest absolute Gasteiger partial charge is 0.310 e. The summed E-state index contributed by atoms with van der Waals surface area (Å²) in [5.41, 5.74) is 23.3. The van der Waals surface area contributed by atoms with E-state index in [0.29, 0.717) is 0 Å². The Bertz CT molecular complexity index is 4480. The van der Waals surface area contributed by atoms with Crippen LogP contribution in [0.2, 0.25) is 0 Å². The predicted octanol–water partition coefficient (Wildman–Crippen LogP) is 20.4. The normalized spacial score (nSPS) is 12.4. The summed E-state index contributed by atoms with van der Waals surface area (Å²) in [7, 11) is 0. The molecule has 0 fully saturated rings. The number of aromatic nitrogens is 1. The third-order valence-electron chi connectivity index (χ3n) is 16.4. The van der Waals surface area contributed by atoms with Crippen molar-refractivity contribution in [1.29, 1.82) is 0 Å². The average Bonchev–Trinajstić information content (AvgIpc) is 4.18. The first-order chi connectivity index (χ1) is 39.2. The molecule has 0 saturated carbocycles. The van der Waals surface area contributed by atoms with Gasteiger partial charge in [-0.3, -0.25) is 0 Å². The highest BCUT2D eigenvalue weighted by atomic mass is 15.1. The maximum absolute atomic E-state index is 2.46. The van der Waals surface area contributed by atoms with E-state index >= 15 is 0 Å². The molecule has 1 aromatic heterocycles. The quantitative estimate of drug-likeness (QED) is 0.133. The van der Waals surface area contributed by atoms with Crippen molar-refractivity contribution < 1.29 is 0 Å². The second kappa shape index (κ2) is 19.1. The standard InChI is InChI=1S/C77H52N2/c1-5-21-53(22-6-1)59-47-60(54-23-7-2-8-24-54)50-66(49-59)79-75-36-20-18-34-71(75)72-51-58(40-46-76(72)79)68-32-16-15-31-67(68)56-38-41-63(42-39-56)78(64-43-37-55-25-13-14-26-57(55)48-64)65-44-45-70-69-33-17-19-35-73(69)77(74(70)52-65,61-27-9-3-10-28-61)62-29-11-4-12-30-62/h1-52H. The van der Waals surface area contributed by atoms with Crippen molar-refractivity contribution in [2.45, 2.75) is 5.41 Å². The minimum absolute atomic E-state index is 0.523. The molecule has 0 spiro atoms. The molecule has 13 aromatic carbocycles. The first kappa shape index (κ1) is 46.1. The Hall–Kier alpha value is -10.3. The summed E-state index contributed by atoms with van der Waals surface area (Å²) >= 11 is 0. The Morgan fingerprint density at radius 2 is 0.747 bits per heavy atom. The third kappa shape index (κ3) is 7.71. The zero-order valence-corrected chi connectivity index (χ0v) is 43.4. The van der Waals surface area contributed by atoms with E-state index in [1.54, 1.807) is 0 Å². The van der Waals surface area contributed by atoms with Gasteiger partial charge in [0.05, 0.1) is 16.4 Å². The number of fused-ring (bicyclic) bond motifs is 7. The number of benzene rings is 13. The summed E-state index contributed by atoms with van der Waals surface area (Å²) in [6, 6.07) is 116. The molecular weight excluding hydrogens is 953 g/mol. The van der Waals surface area contributed by atoms with Crippen molar-refractivity contribution in [3.05, 3.63) is 338 Å². The number of nitrogens with zero attached hydrogens (tertiary/aromatic N) is 2. The third-order valence-corrected chi connectivity index (χ3v) is 16.4. The lowest BCUT2D eigenvalue weighted by Crippen LogP contribution is -2.28. The van der Waals surface area contributed by atoms with E-state index in [9.17, 15) is 0 Å². The van der Waals surface area contributed by atoms with Crippen molar-refractivity contribution in [2.75, 3.05) is 4.90 Å². The van der Waals surface area contributed by atoms with Crippen LogP contribution in [0.3, 0.4) is 0 Å². The van der Waals surface area contributed by atoms with Gasteiger partial charge in [-0.15, -0.1) is 0 Å². The lowest BCUT2D eigenvalue weighted by Gasteiger charge is -2.35. The van der Waals surface area contributed by atoms with Gasteiger partial charge in [0.2, 0.25) is 0 Å². The SMILES string of the molecule is c1ccc(-c2cc(-c3ccccc3)cc(-n3c4ccccc4c4cc(-c5ccccc5-c5ccc(N(c6ccc7c(c6)C(c6ccccc6)(c6ccccc6)c6ccccc6-7)c6ccc7ccccc7c6)cc5)ccc43)c2)cc1. The minimum Gasteiger partial charge on any atom is -0.310 e. The second-order valence-corrected chi connectivity index (χ2v) is 20.8. The fourth-order valence-corrected chi connectivity index (χ4v) is 12.9. The summed E-state index contributed by atoms with van der Waals surface area (Å²) in [4.78, 5) is 2.44. The number of hydrogen-bond donors (Lipinski definition) is 0. The number of rotatable bonds is 10. The van der Waals surface area contributed by atoms with Crippen LogP contribution in [0.15, 0.2) is 315 Å². The van der Waals surface area contributed by atoms with E-state index in [2.05, 4.69) is 325 Å². The molecule has 14 aromatic rings. The number of hydrogen-bond acceptors (Lipinski definition) is 1. The topological polar surface area (TPSA) is 8.17 Å². The molecule has 0 atom stereocenters. The molecule has 15 rings (SSSR count). The molecule has 1 heterocycles. The molecule has 0 amide bonds. The lowest BCUT2D eigenvalue weighted by molar-refractivity contribution is 0.768.